The molecule has 1 heterocycles. The fraction of sp³-hybridized carbons (Fsp3) is 0.250. The van der Waals surface area contributed by atoms with Gasteiger partial charge in [0.2, 0.25) is 0 Å². The molecule has 0 spiro atoms. The van der Waals surface area contributed by atoms with Gasteiger partial charge in [-0.2, -0.15) is 0 Å². The summed E-state index contributed by atoms with van der Waals surface area (Å²) in [6.45, 7) is 2.91. The van der Waals surface area contributed by atoms with Gasteiger partial charge in [0.05, 0.1) is 4.90 Å². The highest BCUT2D eigenvalue weighted by molar-refractivity contribution is 7.92. The Morgan fingerprint density at radius 1 is 1.10 bits per heavy atom. The second-order valence-corrected chi connectivity index (χ2v) is 7.12. The van der Waals surface area contributed by atoms with Crippen LogP contribution in [0.25, 0.3) is 0 Å². The molecular weight excluding hydrogens is 284 g/mol. The molecule has 0 bridgehead atoms. The normalized spacial score (nSPS) is 14.1. The third-order valence-electron chi connectivity index (χ3n) is 3.79. The molecular formula is C16H18N2O2S. The van der Waals surface area contributed by atoms with Gasteiger partial charge in [-0.3, -0.25) is 4.72 Å². The van der Waals surface area contributed by atoms with Crippen LogP contribution in [-0.4, -0.2) is 22.0 Å². The van der Waals surface area contributed by atoms with Crippen LogP contribution in [-0.2, 0) is 16.4 Å². The van der Waals surface area contributed by atoms with E-state index in [4.69, 9.17) is 0 Å². The van der Waals surface area contributed by atoms with Crippen molar-refractivity contribution in [2.75, 3.05) is 23.2 Å². The van der Waals surface area contributed by atoms with Crippen molar-refractivity contribution in [3.05, 3.63) is 53.6 Å². The van der Waals surface area contributed by atoms with E-state index in [9.17, 15) is 8.42 Å². The number of aryl methyl sites for hydroxylation is 1. The highest BCUT2D eigenvalue weighted by atomic mass is 32.2. The van der Waals surface area contributed by atoms with E-state index in [2.05, 4.69) is 9.62 Å². The first-order valence-electron chi connectivity index (χ1n) is 6.89. The Morgan fingerprint density at radius 2 is 1.81 bits per heavy atom. The van der Waals surface area contributed by atoms with Crippen molar-refractivity contribution in [1.29, 1.82) is 0 Å². The maximum absolute atomic E-state index is 12.4. The zero-order chi connectivity index (χ0) is 15.0. The quantitative estimate of drug-likeness (QED) is 0.948. The molecule has 2 aromatic rings. The SMILES string of the molecule is Cc1ccc(S(=O)(=O)Nc2ccc3c(c2)CCN3C)cc1. The Labute approximate surface area is 125 Å². The maximum atomic E-state index is 12.4. The van der Waals surface area contributed by atoms with E-state index in [0.29, 0.717) is 5.69 Å². The first-order chi connectivity index (χ1) is 9.95. The van der Waals surface area contributed by atoms with Gasteiger partial charge in [-0.25, -0.2) is 8.42 Å². The minimum absolute atomic E-state index is 0.283. The summed E-state index contributed by atoms with van der Waals surface area (Å²) in [6.07, 6.45) is 0.950. The Balaban J connectivity index is 1.88. The van der Waals surface area contributed by atoms with Gasteiger partial charge >= 0.3 is 0 Å². The molecule has 0 unspecified atom stereocenters. The van der Waals surface area contributed by atoms with E-state index in [-0.39, 0.29) is 4.90 Å². The predicted octanol–water partition coefficient (Wildman–Crippen LogP) is 2.79. The first-order valence-corrected chi connectivity index (χ1v) is 8.37. The smallest absolute Gasteiger partial charge is 0.261 e. The van der Waals surface area contributed by atoms with Crippen molar-refractivity contribution in [1.82, 2.24) is 0 Å². The summed E-state index contributed by atoms with van der Waals surface area (Å²) in [4.78, 5) is 2.46. The van der Waals surface area contributed by atoms with E-state index < -0.39 is 10.0 Å². The van der Waals surface area contributed by atoms with Crippen LogP contribution in [0, 0.1) is 6.92 Å². The lowest BCUT2D eigenvalue weighted by atomic mass is 10.1. The van der Waals surface area contributed by atoms with E-state index in [0.717, 1.165) is 18.5 Å². The second-order valence-electron chi connectivity index (χ2n) is 5.43. The highest BCUT2D eigenvalue weighted by Gasteiger charge is 2.18. The number of rotatable bonds is 3. The molecule has 1 N–H and O–H groups in total. The Morgan fingerprint density at radius 3 is 2.52 bits per heavy atom. The number of nitrogens with one attached hydrogen (secondary N) is 1. The van der Waals surface area contributed by atoms with Crippen molar-refractivity contribution in [2.24, 2.45) is 0 Å². The molecule has 3 rings (SSSR count). The standard InChI is InChI=1S/C16H18N2O2S/c1-12-3-6-15(7-4-12)21(19,20)17-14-5-8-16-13(11-14)9-10-18(16)2/h3-8,11,17H,9-10H2,1-2H3. The number of nitrogens with zero attached hydrogens (tertiary/aromatic N) is 1. The number of benzene rings is 2. The summed E-state index contributed by atoms with van der Waals surface area (Å²) in [6, 6.07) is 12.5. The first kappa shape index (κ1) is 13.9. The van der Waals surface area contributed by atoms with Gasteiger partial charge in [-0.1, -0.05) is 17.7 Å². The van der Waals surface area contributed by atoms with E-state index in [1.807, 2.05) is 32.2 Å². The summed E-state index contributed by atoms with van der Waals surface area (Å²) in [5.74, 6) is 0. The molecule has 0 saturated heterocycles. The molecule has 0 aromatic heterocycles. The van der Waals surface area contributed by atoms with Crippen molar-refractivity contribution < 1.29 is 8.42 Å². The lowest BCUT2D eigenvalue weighted by Gasteiger charge is -2.13. The summed E-state index contributed by atoms with van der Waals surface area (Å²) in [7, 11) is -1.48. The molecule has 110 valence electrons. The third kappa shape index (κ3) is 2.74. The fourth-order valence-electron chi connectivity index (χ4n) is 2.56. The summed E-state index contributed by atoms with van der Waals surface area (Å²) in [5.41, 5.74) is 4.01. The Bertz CT molecular complexity index is 767. The van der Waals surface area contributed by atoms with Crippen LogP contribution in [0.1, 0.15) is 11.1 Å². The topological polar surface area (TPSA) is 49.4 Å². The second kappa shape index (κ2) is 5.07. The van der Waals surface area contributed by atoms with Gasteiger partial charge in [0.15, 0.2) is 0 Å². The van der Waals surface area contributed by atoms with Crippen molar-refractivity contribution >= 4 is 21.4 Å². The summed E-state index contributed by atoms with van der Waals surface area (Å²) >= 11 is 0. The molecule has 0 atom stereocenters. The van der Waals surface area contributed by atoms with Gasteiger partial charge in [0, 0.05) is 25.0 Å². The average molecular weight is 302 g/mol. The predicted molar refractivity (Wildman–Crippen MR) is 85.4 cm³/mol. The molecule has 4 nitrogen and oxygen atoms in total. The molecule has 0 aliphatic carbocycles. The summed E-state index contributed by atoms with van der Waals surface area (Å²) < 4.78 is 27.4. The Hall–Kier alpha value is -2.01. The third-order valence-corrected chi connectivity index (χ3v) is 5.19. The monoisotopic (exact) mass is 302 g/mol. The number of fused-ring (bicyclic) bond motifs is 1. The number of hydrogen-bond donors (Lipinski definition) is 1. The van der Waals surface area contributed by atoms with Crippen LogP contribution < -0.4 is 9.62 Å². The van der Waals surface area contributed by atoms with Crippen molar-refractivity contribution in [2.45, 2.75) is 18.2 Å². The molecule has 0 saturated carbocycles. The van der Waals surface area contributed by atoms with E-state index in [1.165, 1.54) is 11.3 Å². The van der Waals surface area contributed by atoms with E-state index in [1.54, 1.807) is 24.3 Å². The van der Waals surface area contributed by atoms with Gasteiger partial charge in [-0.05, 0) is 49.2 Å². The lowest BCUT2D eigenvalue weighted by molar-refractivity contribution is 0.601. The average Bonchev–Trinajstić information content (AvgIpc) is 2.80. The fourth-order valence-corrected chi connectivity index (χ4v) is 3.61. The molecule has 2 aromatic carbocycles. The molecule has 0 radical (unpaired) electrons. The molecule has 0 fully saturated rings. The van der Waals surface area contributed by atoms with Crippen LogP contribution in [0.15, 0.2) is 47.4 Å². The zero-order valence-electron chi connectivity index (χ0n) is 12.1. The largest absolute Gasteiger partial charge is 0.374 e. The molecule has 5 heteroatoms. The van der Waals surface area contributed by atoms with Crippen LogP contribution in [0.2, 0.25) is 0 Å². The zero-order valence-corrected chi connectivity index (χ0v) is 12.9. The maximum Gasteiger partial charge on any atom is 0.261 e. The molecule has 0 amide bonds. The number of hydrogen-bond acceptors (Lipinski definition) is 3. The number of sulfonamides is 1. The Kier molecular flexibility index (Phi) is 3.37. The molecule has 1 aliphatic heterocycles. The van der Waals surface area contributed by atoms with Crippen LogP contribution in [0.4, 0.5) is 11.4 Å². The van der Waals surface area contributed by atoms with Gasteiger partial charge in [0.25, 0.3) is 10.0 Å². The van der Waals surface area contributed by atoms with Gasteiger partial charge in [0.1, 0.15) is 0 Å². The lowest BCUT2D eigenvalue weighted by Crippen LogP contribution is -2.13. The summed E-state index contributed by atoms with van der Waals surface area (Å²) in [5, 5.41) is 0. The minimum Gasteiger partial charge on any atom is -0.374 e. The molecule has 21 heavy (non-hydrogen) atoms. The van der Waals surface area contributed by atoms with Gasteiger partial charge < -0.3 is 4.90 Å². The van der Waals surface area contributed by atoms with Crippen LogP contribution >= 0.6 is 0 Å². The van der Waals surface area contributed by atoms with Crippen LogP contribution in [0.3, 0.4) is 0 Å². The number of likely N-dealkylation sites (N-methyl/N-ethyl adjacent to an activating group) is 1. The van der Waals surface area contributed by atoms with Crippen LogP contribution in [0.5, 0.6) is 0 Å². The van der Waals surface area contributed by atoms with Crippen molar-refractivity contribution in [3.8, 4) is 0 Å². The number of anilines is 2. The van der Waals surface area contributed by atoms with Gasteiger partial charge in [-0.15, -0.1) is 0 Å². The highest BCUT2D eigenvalue weighted by Crippen LogP contribution is 2.30. The van der Waals surface area contributed by atoms with Crippen molar-refractivity contribution in [3.63, 3.8) is 0 Å². The van der Waals surface area contributed by atoms with E-state index >= 15 is 0 Å². The minimum atomic E-state index is -3.52. The molecule has 1 aliphatic rings.